The van der Waals surface area contributed by atoms with Crippen LogP contribution in [-0.4, -0.2) is 53.8 Å². The SMILES string of the molecule is [2H]C([2H])([2H])NC(=O)c1cnc(NC(=O)[C@@H]2C[C@@H]2F)cc1Nc1cnn2ccc(COC)c(OC)c12. The molecule has 11 heteroatoms. The molecule has 10 nitrogen and oxygen atoms in total. The Balaban J connectivity index is 1.74. The minimum absolute atomic E-state index is 0.0607. The second-order valence-corrected chi connectivity index (χ2v) is 7.20. The van der Waals surface area contributed by atoms with Crippen molar-refractivity contribution in [1.29, 1.82) is 0 Å². The Bertz CT molecular complexity index is 1280. The number of carbonyl (C=O) groups is 2. The Kier molecular flexibility index (Phi) is 4.92. The first kappa shape index (κ1) is 17.9. The largest absolute Gasteiger partial charge is 0.494 e. The maximum Gasteiger partial charge on any atom is 0.254 e. The van der Waals surface area contributed by atoms with Crippen LogP contribution in [0.25, 0.3) is 5.52 Å². The highest BCUT2D eigenvalue weighted by atomic mass is 19.1. The van der Waals surface area contributed by atoms with E-state index in [1.807, 2.05) is 5.32 Å². The van der Waals surface area contributed by atoms with Crippen molar-refractivity contribution in [2.24, 2.45) is 5.92 Å². The van der Waals surface area contributed by atoms with Crippen molar-refractivity contribution in [2.45, 2.75) is 19.2 Å². The summed E-state index contributed by atoms with van der Waals surface area (Å²) in [6.45, 7) is -2.45. The molecule has 32 heavy (non-hydrogen) atoms. The van der Waals surface area contributed by atoms with Gasteiger partial charge in [0, 0.05) is 42.2 Å². The number of rotatable bonds is 8. The maximum absolute atomic E-state index is 13.3. The van der Waals surface area contributed by atoms with Crippen LogP contribution in [0.15, 0.2) is 30.7 Å². The zero-order valence-electron chi connectivity index (χ0n) is 20.3. The Hall–Kier alpha value is -3.73. The van der Waals surface area contributed by atoms with E-state index in [1.54, 1.807) is 23.9 Å². The number of methoxy groups -OCH3 is 2. The molecule has 3 heterocycles. The number of pyridine rings is 2. The van der Waals surface area contributed by atoms with E-state index in [0.29, 0.717) is 17.0 Å². The van der Waals surface area contributed by atoms with Crippen LogP contribution in [-0.2, 0) is 16.1 Å². The molecular formula is C21H23FN6O4. The average Bonchev–Trinajstić information content (AvgIpc) is 3.39. The summed E-state index contributed by atoms with van der Waals surface area (Å²) in [5.74, 6) is -1.64. The smallest absolute Gasteiger partial charge is 0.254 e. The van der Waals surface area contributed by atoms with E-state index >= 15 is 0 Å². The monoisotopic (exact) mass is 445 g/mol. The minimum Gasteiger partial charge on any atom is -0.494 e. The van der Waals surface area contributed by atoms with Crippen molar-refractivity contribution in [3.8, 4) is 5.75 Å². The van der Waals surface area contributed by atoms with E-state index < -0.39 is 30.9 Å². The van der Waals surface area contributed by atoms with Crippen molar-refractivity contribution < 1.29 is 27.6 Å². The first-order valence-electron chi connectivity index (χ1n) is 11.2. The number of carbonyl (C=O) groups excluding carboxylic acids is 2. The zero-order valence-corrected chi connectivity index (χ0v) is 17.3. The summed E-state index contributed by atoms with van der Waals surface area (Å²) in [4.78, 5) is 28.9. The summed E-state index contributed by atoms with van der Waals surface area (Å²) in [6, 6.07) is 3.15. The zero-order chi connectivity index (χ0) is 25.3. The van der Waals surface area contributed by atoms with Crippen LogP contribution in [0.1, 0.15) is 26.5 Å². The van der Waals surface area contributed by atoms with E-state index in [9.17, 15) is 14.0 Å². The Morgan fingerprint density at radius 2 is 2.16 bits per heavy atom. The molecule has 1 fully saturated rings. The lowest BCUT2D eigenvalue weighted by atomic mass is 10.2. The molecule has 2 amide bonds. The van der Waals surface area contributed by atoms with Gasteiger partial charge in [0.25, 0.3) is 5.91 Å². The quantitative estimate of drug-likeness (QED) is 0.487. The molecule has 1 saturated carbocycles. The highest BCUT2D eigenvalue weighted by molar-refractivity contribution is 6.02. The van der Waals surface area contributed by atoms with Crippen molar-refractivity contribution >= 4 is 34.5 Å². The third-order valence-corrected chi connectivity index (χ3v) is 5.06. The predicted octanol–water partition coefficient (Wildman–Crippen LogP) is 2.28. The number of fused-ring (bicyclic) bond motifs is 1. The number of amides is 2. The van der Waals surface area contributed by atoms with Crippen LogP contribution in [0.5, 0.6) is 5.75 Å². The van der Waals surface area contributed by atoms with Crippen LogP contribution in [0, 0.1) is 5.92 Å². The molecule has 0 bridgehead atoms. The molecule has 1 aliphatic carbocycles. The van der Waals surface area contributed by atoms with Crippen LogP contribution in [0.3, 0.4) is 0 Å². The lowest BCUT2D eigenvalue weighted by Crippen LogP contribution is -2.21. The molecule has 0 radical (unpaired) electrons. The molecule has 0 aliphatic heterocycles. The van der Waals surface area contributed by atoms with Gasteiger partial charge in [-0.2, -0.15) is 5.10 Å². The van der Waals surface area contributed by atoms with E-state index in [4.69, 9.17) is 13.6 Å². The second-order valence-electron chi connectivity index (χ2n) is 7.20. The van der Waals surface area contributed by atoms with Gasteiger partial charge in [0.2, 0.25) is 5.91 Å². The Morgan fingerprint density at radius 1 is 1.34 bits per heavy atom. The van der Waals surface area contributed by atoms with Crippen molar-refractivity contribution in [3.63, 3.8) is 0 Å². The van der Waals surface area contributed by atoms with Crippen molar-refractivity contribution in [2.75, 3.05) is 31.8 Å². The predicted molar refractivity (Wildman–Crippen MR) is 115 cm³/mol. The number of halogens is 1. The number of anilines is 3. The lowest BCUT2D eigenvalue weighted by Gasteiger charge is -2.14. The minimum atomic E-state index is -2.73. The summed E-state index contributed by atoms with van der Waals surface area (Å²) in [5, 5.41) is 11.8. The van der Waals surface area contributed by atoms with Crippen LogP contribution in [0.2, 0.25) is 0 Å². The number of ether oxygens (including phenoxy) is 2. The summed E-state index contributed by atoms with van der Waals surface area (Å²) >= 11 is 0. The fraction of sp³-hybridized carbons (Fsp3) is 0.333. The summed E-state index contributed by atoms with van der Waals surface area (Å²) in [6.07, 6.45) is 3.28. The van der Waals surface area contributed by atoms with Gasteiger partial charge < -0.3 is 25.4 Å². The fourth-order valence-corrected chi connectivity index (χ4v) is 3.35. The highest BCUT2D eigenvalue weighted by Gasteiger charge is 2.43. The fourth-order valence-electron chi connectivity index (χ4n) is 3.35. The second kappa shape index (κ2) is 8.79. The maximum atomic E-state index is 13.3. The number of alkyl halides is 1. The van der Waals surface area contributed by atoms with Gasteiger partial charge in [-0.1, -0.05) is 0 Å². The molecular weight excluding hydrogens is 419 g/mol. The highest BCUT2D eigenvalue weighted by Crippen LogP contribution is 2.36. The lowest BCUT2D eigenvalue weighted by molar-refractivity contribution is -0.117. The first-order valence-corrected chi connectivity index (χ1v) is 9.68. The molecule has 1 aliphatic rings. The van der Waals surface area contributed by atoms with E-state index in [0.717, 1.165) is 11.8 Å². The molecule has 0 saturated heterocycles. The molecule has 3 aromatic heterocycles. The molecule has 168 valence electrons. The van der Waals surface area contributed by atoms with E-state index in [1.165, 1.54) is 19.4 Å². The number of hydrogen-bond acceptors (Lipinski definition) is 7. The summed E-state index contributed by atoms with van der Waals surface area (Å²) < 4.78 is 47.6. The van der Waals surface area contributed by atoms with Crippen LogP contribution in [0.4, 0.5) is 21.6 Å². The third kappa shape index (κ3) is 4.06. The summed E-state index contributed by atoms with van der Waals surface area (Å²) in [5.41, 5.74) is 1.75. The Labute approximate surface area is 187 Å². The number of aromatic nitrogens is 3. The normalized spacial score (nSPS) is 18.9. The van der Waals surface area contributed by atoms with Gasteiger partial charge in [0.05, 0.1) is 42.8 Å². The standard InChI is InChI=1S/C21H23FN6O4/c1-23-20(29)13-8-24-17(27-21(30)12-6-14(12)22)7-15(13)26-16-9-25-28-5-4-11(10-31-2)19(32-3)18(16)28/h4-5,7-9,12,14H,6,10H2,1-3H3,(H,23,29)(H2,24,26,27,30)/t12-,14+/m1/s1/i1D3. The van der Waals surface area contributed by atoms with Crippen LogP contribution >= 0.6 is 0 Å². The molecule has 3 aromatic rings. The van der Waals surface area contributed by atoms with Gasteiger partial charge in [0.1, 0.15) is 17.5 Å². The first-order chi connectivity index (χ1) is 16.6. The van der Waals surface area contributed by atoms with E-state index in [-0.39, 0.29) is 30.1 Å². The molecule has 3 N–H and O–H groups in total. The van der Waals surface area contributed by atoms with Gasteiger partial charge in [-0.25, -0.2) is 13.9 Å². The number of nitrogens with one attached hydrogen (secondary N) is 3. The molecule has 0 unspecified atom stereocenters. The van der Waals surface area contributed by atoms with Gasteiger partial charge in [-0.3, -0.25) is 9.59 Å². The van der Waals surface area contributed by atoms with E-state index in [2.05, 4.69) is 20.7 Å². The molecule has 0 spiro atoms. The Morgan fingerprint density at radius 3 is 2.84 bits per heavy atom. The number of nitrogens with zero attached hydrogens (tertiary/aromatic N) is 3. The van der Waals surface area contributed by atoms with Gasteiger partial charge in [-0.05, 0) is 12.5 Å². The topological polar surface area (TPSA) is 119 Å². The van der Waals surface area contributed by atoms with Gasteiger partial charge in [0.15, 0.2) is 5.75 Å². The molecule has 4 rings (SSSR count). The number of hydrogen-bond donors (Lipinski definition) is 3. The van der Waals surface area contributed by atoms with Crippen molar-refractivity contribution in [3.05, 3.63) is 41.9 Å². The van der Waals surface area contributed by atoms with Gasteiger partial charge >= 0.3 is 0 Å². The van der Waals surface area contributed by atoms with Crippen LogP contribution < -0.4 is 20.7 Å². The van der Waals surface area contributed by atoms with Gasteiger partial charge in [-0.15, -0.1) is 0 Å². The summed E-state index contributed by atoms with van der Waals surface area (Å²) in [7, 11) is 3.05. The molecule has 0 aromatic carbocycles. The third-order valence-electron chi connectivity index (χ3n) is 5.06. The van der Waals surface area contributed by atoms with Crippen molar-refractivity contribution in [1.82, 2.24) is 19.9 Å². The average molecular weight is 445 g/mol. The molecule has 2 atom stereocenters.